The zero-order valence-electron chi connectivity index (χ0n) is 12.2. The fraction of sp³-hybridized carbons (Fsp3) is 0.647. The summed E-state index contributed by atoms with van der Waals surface area (Å²) in [7, 11) is 0. The van der Waals surface area contributed by atoms with E-state index in [1.807, 2.05) is 12.1 Å². The van der Waals surface area contributed by atoms with Crippen molar-refractivity contribution in [1.29, 1.82) is 0 Å². The normalized spacial score (nSPS) is 19.5. The number of hydrogen-bond donors (Lipinski definition) is 2. The van der Waals surface area contributed by atoms with Crippen molar-refractivity contribution in [2.75, 3.05) is 0 Å². The van der Waals surface area contributed by atoms with Gasteiger partial charge in [0, 0.05) is 12.1 Å². The minimum absolute atomic E-state index is 0.352. The highest BCUT2D eigenvalue weighted by molar-refractivity contribution is 5.25. The summed E-state index contributed by atoms with van der Waals surface area (Å²) in [5, 5.41) is 13.0. The van der Waals surface area contributed by atoms with Gasteiger partial charge in [0.15, 0.2) is 0 Å². The van der Waals surface area contributed by atoms with Gasteiger partial charge in [0.05, 0.1) is 0 Å². The first-order valence-corrected chi connectivity index (χ1v) is 7.69. The highest BCUT2D eigenvalue weighted by Gasteiger charge is 2.22. The van der Waals surface area contributed by atoms with Crippen LogP contribution in [0.15, 0.2) is 24.3 Å². The van der Waals surface area contributed by atoms with Crippen molar-refractivity contribution in [1.82, 2.24) is 5.32 Å². The maximum atomic E-state index is 9.26. The molecule has 19 heavy (non-hydrogen) atoms. The molecule has 2 heteroatoms. The number of rotatable bonds is 6. The van der Waals surface area contributed by atoms with Gasteiger partial charge >= 0.3 is 0 Å². The van der Waals surface area contributed by atoms with E-state index in [1.165, 1.54) is 31.2 Å². The minimum atomic E-state index is 0.352. The molecule has 0 spiro atoms. The molecule has 2 atom stereocenters. The summed E-state index contributed by atoms with van der Waals surface area (Å²) < 4.78 is 0. The van der Waals surface area contributed by atoms with Gasteiger partial charge in [-0.05, 0) is 63.1 Å². The third kappa shape index (κ3) is 4.54. The Hall–Kier alpha value is -1.02. The van der Waals surface area contributed by atoms with Crippen LogP contribution in [0.1, 0.15) is 51.5 Å². The molecule has 1 aromatic rings. The van der Waals surface area contributed by atoms with Crippen LogP contribution in [0, 0.1) is 5.92 Å². The Labute approximate surface area is 117 Å². The van der Waals surface area contributed by atoms with E-state index in [0.29, 0.717) is 17.8 Å². The van der Waals surface area contributed by atoms with E-state index in [-0.39, 0.29) is 0 Å². The van der Waals surface area contributed by atoms with Crippen LogP contribution >= 0.6 is 0 Å². The number of phenolic OH excluding ortho intramolecular Hbond substituents is 1. The fourth-order valence-corrected chi connectivity index (χ4v) is 3.17. The number of phenols is 1. The van der Waals surface area contributed by atoms with E-state index in [2.05, 4.69) is 19.2 Å². The van der Waals surface area contributed by atoms with E-state index in [0.717, 1.165) is 18.8 Å². The molecule has 0 heterocycles. The molecule has 0 aliphatic heterocycles. The second-order valence-corrected chi connectivity index (χ2v) is 6.11. The van der Waals surface area contributed by atoms with Gasteiger partial charge in [-0.3, -0.25) is 0 Å². The average molecular weight is 261 g/mol. The molecular weight excluding hydrogens is 234 g/mol. The fourth-order valence-electron chi connectivity index (χ4n) is 3.17. The summed E-state index contributed by atoms with van der Waals surface area (Å²) in [5.41, 5.74) is 1.31. The number of aromatic hydroxyl groups is 1. The molecule has 0 radical (unpaired) electrons. The molecule has 0 saturated heterocycles. The number of nitrogens with one attached hydrogen (secondary N) is 1. The second-order valence-electron chi connectivity index (χ2n) is 6.11. The second kappa shape index (κ2) is 6.95. The Morgan fingerprint density at radius 2 is 1.79 bits per heavy atom. The average Bonchev–Trinajstić information content (AvgIpc) is 2.92. The minimum Gasteiger partial charge on any atom is -0.508 e. The van der Waals surface area contributed by atoms with Gasteiger partial charge in [-0.15, -0.1) is 0 Å². The van der Waals surface area contributed by atoms with Crippen LogP contribution in [-0.4, -0.2) is 17.2 Å². The summed E-state index contributed by atoms with van der Waals surface area (Å²) in [6, 6.07) is 8.79. The van der Waals surface area contributed by atoms with Gasteiger partial charge in [0.1, 0.15) is 5.75 Å². The van der Waals surface area contributed by atoms with Crippen molar-refractivity contribution in [3.05, 3.63) is 29.8 Å². The van der Waals surface area contributed by atoms with Gasteiger partial charge in [-0.2, -0.15) is 0 Å². The van der Waals surface area contributed by atoms with Crippen LogP contribution in [0.2, 0.25) is 0 Å². The summed E-state index contributed by atoms with van der Waals surface area (Å²) >= 11 is 0. The highest BCUT2D eigenvalue weighted by atomic mass is 16.3. The molecule has 0 amide bonds. The van der Waals surface area contributed by atoms with Gasteiger partial charge in [0.2, 0.25) is 0 Å². The highest BCUT2D eigenvalue weighted by Crippen LogP contribution is 2.27. The summed E-state index contributed by atoms with van der Waals surface area (Å²) in [4.78, 5) is 0. The van der Waals surface area contributed by atoms with Crippen molar-refractivity contribution < 1.29 is 5.11 Å². The molecule has 0 bridgehead atoms. The first-order chi connectivity index (χ1) is 9.15. The van der Waals surface area contributed by atoms with Crippen LogP contribution in [0.4, 0.5) is 0 Å². The monoisotopic (exact) mass is 261 g/mol. The smallest absolute Gasteiger partial charge is 0.115 e. The van der Waals surface area contributed by atoms with Crippen molar-refractivity contribution in [3.8, 4) is 5.75 Å². The Morgan fingerprint density at radius 1 is 1.16 bits per heavy atom. The van der Waals surface area contributed by atoms with Crippen molar-refractivity contribution in [3.63, 3.8) is 0 Å². The lowest BCUT2D eigenvalue weighted by Crippen LogP contribution is -2.38. The molecule has 1 saturated carbocycles. The predicted octanol–water partition coefficient (Wildman–Crippen LogP) is 3.88. The first-order valence-electron chi connectivity index (χ1n) is 7.69. The summed E-state index contributed by atoms with van der Waals surface area (Å²) in [6.07, 6.45) is 7.86. The van der Waals surface area contributed by atoms with E-state index in [1.54, 1.807) is 12.1 Å². The predicted molar refractivity (Wildman–Crippen MR) is 80.4 cm³/mol. The van der Waals surface area contributed by atoms with E-state index in [4.69, 9.17) is 0 Å². The molecular formula is C17H27NO. The third-order valence-corrected chi connectivity index (χ3v) is 4.46. The molecule has 1 aliphatic carbocycles. The number of hydrogen-bond acceptors (Lipinski definition) is 2. The molecule has 1 unspecified atom stereocenters. The lowest BCUT2D eigenvalue weighted by Gasteiger charge is -2.25. The van der Waals surface area contributed by atoms with Gasteiger partial charge < -0.3 is 10.4 Å². The molecule has 106 valence electrons. The van der Waals surface area contributed by atoms with Crippen molar-refractivity contribution >= 4 is 0 Å². The van der Waals surface area contributed by atoms with Gasteiger partial charge in [0.25, 0.3) is 0 Å². The van der Waals surface area contributed by atoms with E-state index < -0.39 is 0 Å². The van der Waals surface area contributed by atoms with Crippen LogP contribution in [0.5, 0.6) is 5.75 Å². The number of aryl methyl sites for hydroxylation is 1. The lowest BCUT2D eigenvalue weighted by molar-refractivity contribution is 0.341. The maximum absolute atomic E-state index is 9.26. The Kier molecular flexibility index (Phi) is 5.26. The molecule has 0 aromatic heterocycles. The number of benzene rings is 1. The summed E-state index contributed by atoms with van der Waals surface area (Å²) in [5.74, 6) is 1.24. The zero-order chi connectivity index (χ0) is 13.7. The Morgan fingerprint density at radius 3 is 2.42 bits per heavy atom. The van der Waals surface area contributed by atoms with Gasteiger partial charge in [-0.25, -0.2) is 0 Å². The molecule has 2 rings (SSSR count). The third-order valence-electron chi connectivity index (χ3n) is 4.46. The standard InChI is InChI=1S/C17H27NO/c1-13(18-14(2)16-5-3-4-6-16)7-8-15-9-11-17(19)12-10-15/h9-14,16,18-19H,3-8H2,1-2H3/t13?,14-/m1/s1. The van der Waals surface area contributed by atoms with Crippen molar-refractivity contribution in [2.45, 2.75) is 64.5 Å². The largest absolute Gasteiger partial charge is 0.508 e. The summed E-state index contributed by atoms with van der Waals surface area (Å²) in [6.45, 7) is 4.62. The molecule has 1 aromatic carbocycles. The Bertz CT molecular complexity index is 367. The molecule has 2 nitrogen and oxygen atoms in total. The Balaban J connectivity index is 1.71. The molecule has 2 N–H and O–H groups in total. The maximum Gasteiger partial charge on any atom is 0.115 e. The van der Waals surface area contributed by atoms with Crippen LogP contribution in [0.3, 0.4) is 0 Å². The van der Waals surface area contributed by atoms with E-state index in [9.17, 15) is 5.11 Å². The first kappa shape index (κ1) is 14.4. The topological polar surface area (TPSA) is 32.3 Å². The lowest BCUT2D eigenvalue weighted by atomic mass is 9.98. The zero-order valence-corrected chi connectivity index (χ0v) is 12.2. The molecule has 1 fully saturated rings. The van der Waals surface area contributed by atoms with E-state index >= 15 is 0 Å². The quantitative estimate of drug-likeness (QED) is 0.814. The van der Waals surface area contributed by atoms with Crippen LogP contribution in [0.25, 0.3) is 0 Å². The van der Waals surface area contributed by atoms with Crippen LogP contribution < -0.4 is 5.32 Å². The SMILES string of the molecule is CC(CCc1ccc(O)cc1)N[C@H](C)C1CCCC1. The van der Waals surface area contributed by atoms with Crippen molar-refractivity contribution in [2.24, 2.45) is 5.92 Å². The van der Waals surface area contributed by atoms with Gasteiger partial charge in [-0.1, -0.05) is 25.0 Å². The molecule has 1 aliphatic rings. The van der Waals surface area contributed by atoms with Crippen LogP contribution in [-0.2, 0) is 6.42 Å².